The molecule has 5 aromatic rings. The van der Waals surface area contributed by atoms with Crippen molar-refractivity contribution in [2.45, 2.75) is 18.9 Å². The predicted octanol–water partition coefficient (Wildman–Crippen LogP) is 3.26. The van der Waals surface area contributed by atoms with Crippen LogP contribution in [0.5, 0.6) is 0 Å². The van der Waals surface area contributed by atoms with Gasteiger partial charge in [0.25, 0.3) is 5.91 Å². The standard InChI is InChI=1S/C25H24N8O/c1-31-13-15(11-27-31)19-7-5-16-20(29-19)8-9-22(16)32(2)25(34)14-4-6-21-17(10-14)23-18(24(26)30-21)12-28-33(23)3/h4-7,10-13,22H,8-9H2,1-3H3,(H2,26,30). The maximum absolute atomic E-state index is 13.5. The van der Waals surface area contributed by atoms with Gasteiger partial charge in [0.05, 0.1) is 40.5 Å². The lowest BCUT2D eigenvalue weighted by Gasteiger charge is -2.25. The van der Waals surface area contributed by atoms with Crippen molar-refractivity contribution in [3.63, 3.8) is 0 Å². The van der Waals surface area contributed by atoms with Gasteiger partial charge in [-0.1, -0.05) is 6.07 Å². The van der Waals surface area contributed by atoms with Crippen molar-refractivity contribution in [3.8, 4) is 11.3 Å². The van der Waals surface area contributed by atoms with Gasteiger partial charge in [-0.25, -0.2) is 4.98 Å². The van der Waals surface area contributed by atoms with Crippen LogP contribution in [0, 0.1) is 0 Å². The van der Waals surface area contributed by atoms with Crippen molar-refractivity contribution in [1.29, 1.82) is 0 Å². The number of carbonyl (C=O) groups is 1. The number of benzene rings is 1. The number of nitrogen functional groups attached to an aromatic ring is 1. The fourth-order valence-corrected chi connectivity index (χ4v) is 5.00. The molecular weight excluding hydrogens is 428 g/mol. The fraction of sp³-hybridized carbons (Fsp3) is 0.240. The van der Waals surface area contributed by atoms with E-state index in [1.807, 2.05) is 62.7 Å². The van der Waals surface area contributed by atoms with Gasteiger partial charge in [-0.15, -0.1) is 0 Å². The van der Waals surface area contributed by atoms with Crippen LogP contribution < -0.4 is 5.73 Å². The van der Waals surface area contributed by atoms with Crippen molar-refractivity contribution in [3.05, 3.63) is 65.7 Å². The second-order valence-electron chi connectivity index (χ2n) is 8.87. The van der Waals surface area contributed by atoms with E-state index in [-0.39, 0.29) is 11.9 Å². The zero-order valence-corrected chi connectivity index (χ0v) is 19.2. The summed E-state index contributed by atoms with van der Waals surface area (Å²) >= 11 is 0. The number of rotatable bonds is 3. The lowest BCUT2D eigenvalue weighted by molar-refractivity contribution is 0.0731. The summed E-state index contributed by atoms with van der Waals surface area (Å²) in [6, 6.07) is 9.65. The number of aromatic nitrogens is 6. The lowest BCUT2D eigenvalue weighted by atomic mass is 10.0. The number of anilines is 1. The van der Waals surface area contributed by atoms with Gasteiger partial charge >= 0.3 is 0 Å². The molecule has 0 aliphatic heterocycles. The SMILES string of the molecule is CN(C(=O)c1ccc2nc(N)c3cnn(C)c3c2c1)C1CCc2nc(-c3cnn(C)c3)ccc21. The minimum absolute atomic E-state index is 0.0186. The van der Waals surface area contributed by atoms with Crippen LogP contribution in [-0.4, -0.2) is 47.4 Å². The molecule has 1 unspecified atom stereocenters. The summed E-state index contributed by atoms with van der Waals surface area (Å²) in [4.78, 5) is 24.7. The molecule has 34 heavy (non-hydrogen) atoms. The van der Waals surface area contributed by atoms with Crippen LogP contribution in [0.2, 0.25) is 0 Å². The highest BCUT2D eigenvalue weighted by atomic mass is 16.2. The van der Waals surface area contributed by atoms with E-state index in [1.165, 1.54) is 0 Å². The summed E-state index contributed by atoms with van der Waals surface area (Å²) in [5.41, 5.74) is 12.4. The molecule has 0 radical (unpaired) electrons. The number of hydrogen-bond donors (Lipinski definition) is 1. The maximum Gasteiger partial charge on any atom is 0.254 e. The minimum Gasteiger partial charge on any atom is -0.383 e. The van der Waals surface area contributed by atoms with E-state index in [1.54, 1.807) is 15.6 Å². The zero-order chi connectivity index (χ0) is 23.6. The first-order valence-corrected chi connectivity index (χ1v) is 11.2. The highest BCUT2D eigenvalue weighted by molar-refractivity contribution is 6.10. The predicted molar refractivity (Wildman–Crippen MR) is 130 cm³/mol. The Bertz CT molecular complexity index is 1600. The molecule has 0 fully saturated rings. The quantitative estimate of drug-likeness (QED) is 0.450. The molecule has 9 nitrogen and oxygen atoms in total. The lowest BCUT2D eigenvalue weighted by Crippen LogP contribution is -2.30. The molecule has 1 aromatic carbocycles. The molecule has 2 N–H and O–H groups in total. The Morgan fingerprint density at radius 1 is 1.09 bits per heavy atom. The Morgan fingerprint density at radius 2 is 1.94 bits per heavy atom. The number of hydrogen-bond acceptors (Lipinski definition) is 6. The molecule has 6 rings (SSSR count). The van der Waals surface area contributed by atoms with Crippen molar-refractivity contribution in [2.24, 2.45) is 14.1 Å². The van der Waals surface area contributed by atoms with Gasteiger partial charge in [-0.05, 0) is 42.7 Å². The molecule has 0 bridgehead atoms. The molecule has 0 saturated heterocycles. The van der Waals surface area contributed by atoms with Crippen LogP contribution >= 0.6 is 0 Å². The Balaban J connectivity index is 1.34. The number of amides is 1. The van der Waals surface area contributed by atoms with Crippen LogP contribution in [0.3, 0.4) is 0 Å². The molecule has 1 aliphatic rings. The van der Waals surface area contributed by atoms with E-state index in [9.17, 15) is 4.79 Å². The van der Waals surface area contributed by atoms with Crippen LogP contribution in [0.25, 0.3) is 33.1 Å². The summed E-state index contributed by atoms with van der Waals surface area (Å²) in [6.07, 6.45) is 7.16. The summed E-state index contributed by atoms with van der Waals surface area (Å²) < 4.78 is 3.54. The van der Waals surface area contributed by atoms with Crippen LogP contribution in [0.15, 0.2) is 48.9 Å². The Kier molecular flexibility index (Phi) is 4.41. The number of fused-ring (bicyclic) bond motifs is 4. The molecule has 4 heterocycles. The smallest absolute Gasteiger partial charge is 0.254 e. The largest absolute Gasteiger partial charge is 0.383 e. The van der Waals surface area contributed by atoms with E-state index < -0.39 is 0 Å². The van der Waals surface area contributed by atoms with Gasteiger partial charge in [-0.2, -0.15) is 10.2 Å². The Morgan fingerprint density at radius 3 is 2.74 bits per heavy atom. The molecule has 170 valence electrons. The van der Waals surface area contributed by atoms with Crippen molar-refractivity contribution < 1.29 is 4.79 Å². The number of nitrogens with zero attached hydrogens (tertiary/aromatic N) is 7. The van der Waals surface area contributed by atoms with E-state index in [0.717, 1.165) is 57.2 Å². The molecule has 1 amide bonds. The number of nitrogens with two attached hydrogens (primary N) is 1. The van der Waals surface area contributed by atoms with Gasteiger partial charge in [0.1, 0.15) is 5.82 Å². The number of pyridine rings is 2. The second-order valence-corrected chi connectivity index (χ2v) is 8.87. The molecule has 9 heteroatoms. The number of carbonyl (C=O) groups excluding carboxylic acids is 1. The van der Waals surface area contributed by atoms with Crippen molar-refractivity contribution >= 4 is 33.5 Å². The van der Waals surface area contributed by atoms with Gasteiger partial charge in [0, 0.05) is 49.5 Å². The molecule has 0 spiro atoms. The molecule has 0 saturated carbocycles. The molecule has 1 aliphatic carbocycles. The second kappa shape index (κ2) is 7.38. The first-order valence-electron chi connectivity index (χ1n) is 11.2. The summed E-state index contributed by atoms with van der Waals surface area (Å²) in [7, 11) is 5.62. The first kappa shape index (κ1) is 20.3. The Hall–Kier alpha value is -4.27. The van der Waals surface area contributed by atoms with E-state index in [0.29, 0.717) is 11.4 Å². The van der Waals surface area contributed by atoms with Crippen LogP contribution in [-0.2, 0) is 20.5 Å². The third kappa shape index (κ3) is 3.04. The maximum atomic E-state index is 13.5. The topological polar surface area (TPSA) is 108 Å². The van der Waals surface area contributed by atoms with E-state index >= 15 is 0 Å². The normalized spacial score (nSPS) is 15.2. The van der Waals surface area contributed by atoms with Gasteiger partial charge in [0.15, 0.2) is 0 Å². The van der Waals surface area contributed by atoms with Crippen LogP contribution in [0.4, 0.5) is 5.82 Å². The van der Waals surface area contributed by atoms with Gasteiger partial charge in [-0.3, -0.25) is 19.1 Å². The average Bonchev–Trinajstić information content (AvgIpc) is 3.56. The highest BCUT2D eigenvalue weighted by Gasteiger charge is 2.30. The summed E-state index contributed by atoms with van der Waals surface area (Å²) in [5.74, 6) is 0.399. The average molecular weight is 453 g/mol. The minimum atomic E-state index is -0.0387. The van der Waals surface area contributed by atoms with E-state index in [2.05, 4.69) is 21.2 Å². The first-order chi connectivity index (χ1) is 16.4. The van der Waals surface area contributed by atoms with Gasteiger partial charge in [0.2, 0.25) is 0 Å². The monoisotopic (exact) mass is 452 g/mol. The molecule has 4 aromatic heterocycles. The fourth-order valence-electron chi connectivity index (χ4n) is 5.00. The zero-order valence-electron chi connectivity index (χ0n) is 19.2. The molecular formula is C25H24N8O. The van der Waals surface area contributed by atoms with Crippen LogP contribution in [0.1, 0.15) is 34.1 Å². The van der Waals surface area contributed by atoms with E-state index in [4.69, 9.17) is 10.7 Å². The number of aryl methyl sites for hydroxylation is 3. The van der Waals surface area contributed by atoms with Crippen molar-refractivity contribution in [1.82, 2.24) is 34.4 Å². The Labute approximate surface area is 195 Å². The van der Waals surface area contributed by atoms with Gasteiger partial charge < -0.3 is 10.6 Å². The van der Waals surface area contributed by atoms with Crippen molar-refractivity contribution in [2.75, 3.05) is 12.8 Å². The molecule has 1 atom stereocenters. The third-order valence-electron chi connectivity index (χ3n) is 6.77. The summed E-state index contributed by atoms with van der Waals surface area (Å²) in [5, 5.41) is 10.2. The third-order valence-corrected chi connectivity index (χ3v) is 6.77. The summed E-state index contributed by atoms with van der Waals surface area (Å²) in [6.45, 7) is 0. The highest BCUT2D eigenvalue weighted by Crippen LogP contribution is 2.36.